The second-order valence-corrected chi connectivity index (χ2v) is 13.8. The fraction of sp³-hybridized carbons (Fsp3) is 0.879. The minimum Gasteiger partial charge on any atom is -0.462 e. The second kappa shape index (κ2) is 25.5. The number of esters is 2. The molecule has 0 amide bonds. The molecule has 276 valence electrons. The fourth-order valence-electron chi connectivity index (χ4n) is 5.17. The van der Waals surface area contributed by atoms with Crippen LogP contribution < -0.4 is 0 Å². The Hall–Kier alpha value is -1.41. The highest BCUT2D eigenvalue weighted by Crippen LogP contribution is 2.47. The maximum absolute atomic E-state index is 12.7. The molecule has 0 saturated heterocycles. The molecule has 1 saturated carbocycles. The molecule has 0 heterocycles. The molecule has 0 bridgehead atoms. The molecule has 14 heteroatoms. The molecule has 6 N–H and O–H groups in total. The summed E-state index contributed by atoms with van der Waals surface area (Å²) in [6.07, 6.45) is 7.59. The quantitative estimate of drug-likeness (QED) is 0.0305. The van der Waals surface area contributed by atoms with Crippen molar-refractivity contribution in [3.8, 4) is 0 Å². The van der Waals surface area contributed by atoms with Crippen LogP contribution in [0.2, 0.25) is 0 Å². The molecule has 6 unspecified atom stereocenters. The number of allylic oxidation sites excluding steroid dienone is 2. The van der Waals surface area contributed by atoms with Gasteiger partial charge in [-0.2, -0.15) is 0 Å². The number of ether oxygens (including phenoxy) is 2. The number of aliphatic hydroxyl groups excluding tert-OH is 5. The van der Waals surface area contributed by atoms with E-state index in [-0.39, 0.29) is 12.8 Å². The highest BCUT2D eigenvalue weighted by atomic mass is 31.2. The van der Waals surface area contributed by atoms with E-state index in [9.17, 15) is 44.6 Å². The third kappa shape index (κ3) is 19.4. The largest absolute Gasteiger partial charge is 0.472 e. The first-order valence-electron chi connectivity index (χ1n) is 17.5. The van der Waals surface area contributed by atoms with Crippen LogP contribution in [0.15, 0.2) is 12.2 Å². The standard InChI is InChI=1S/C33H61O13P/c1-3-5-7-9-11-13-14-16-18-20-22-27(35)45-25(23-43-26(34)21-19-17-15-12-10-8-6-4-2)24-44-47(41,42)46-33-31(39)29(37)28(36)30(38)32(33)40/h7,9,25,28-33,36-40H,3-6,8,10-24H2,1-2H3,(H,41,42)/b9-7-. The first kappa shape index (κ1) is 43.6. The summed E-state index contributed by atoms with van der Waals surface area (Å²) in [5, 5.41) is 49.7. The van der Waals surface area contributed by atoms with Crippen LogP contribution in [0.4, 0.5) is 0 Å². The van der Waals surface area contributed by atoms with Crippen molar-refractivity contribution in [1.82, 2.24) is 0 Å². The number of aliphatic hydroxyl groups is 5. The van der Waals surface area contributed by atoms with Crippen molar-refractivity contribution in [2.75, 3.05) is 13.2 Å². The van der Waals surface area contributed by atoms with Crippen LogP contribution in [0, 0.1) is 0 Å². The van der Waals surface area contributed by atoms with Gasteiger partial charge in [0.15, 0.2) is 6.10 Å². The van der Waals surface area contributed by atoms with Crippen LogP contribution in [0.1, 0.15) is 129 Å². The molecule has 47 heavy (non-hydrogen) atoms. The molecule has 0 aromatic heterocycles. The number of rotatable bonds is 27. The highest BCUT2D eigenvalue weighted by Gasteiger charge is 2.51. The van der Waals surface area contributed by atoms with Gasteiger partial charge in [0.1, 0.15) is 43.2 Å². The van der Waals surface area contributed by atoms with Gasteiger partial charge in [0, 0.05) is 12.8 Å². The zero-order valence-electron chi connectivity index (χ0n) is 28.3. The van der Waals surface area contributed by atoms with Crippen molar-refractivity contribution in [1.29, 1.82) is 0 Å². The number of phosphoric ester groups is 1. The Bertz CT molecular complexity index is 901. The molecule has 1 aliphatic rings. The maximum atomic E-state index is 12.7. The van der Waals surface area contributed by atoms with E-state index in [2.05, 4.69) is 26.0 Å². The fourth-order valence-corrected chi connectivity index (χ4v) is 6.14. The summed E-state index contributed by atoms with van der Waals surface area (Å²) in [6.45, 7) is 3.13. The lowest BCUT2D eigenvalue weighted by Crippen LogP contribution is -2.64. The average Bonchev–Trinajstić information content (AvgIpc) is 3.04. The first-order valence-corrected chi connectivity index (χ1v) is 19.0. The minimum atomic E-state index is -5.10. The van der Waals surface area contributed by atoms with Gasteiger partial charge in [-0.25, -0.2) is 4.57 Å². The summed E-state index contributed by atoms with van der Waals surface area (Å²) in [6, 6.07) is 0. The normalized spacial score (nSPS) is 25.0. The zero-order chi connectivity index (χ0) is 35.1. The van der Waals surface area contributed by atoms with Crippen LogP contribution in [0.3, 0.4) is 0 Å². The van der Waals surface area contributed by atoms with Crippen LogP contribution in [0.5, 0.6) is 0 Å². The van der Waals surface area contributed by atoms with Crippen LogP contribution in [0.25, 0.3) is 0 Å². The van der Waals surface area contributed by atoms with Gasteiger partial charge in [-0.1, -0.05) is 96.6 Å². The molecule has 0 aromatic rings. The van der Waals surface area contributed by atoms with Crippen molar-refractivity contribution < 1.29 is 63.1 Å². The summed E-state index contributed by atoms with van der Waals surface area (Å²) in [5.41, 5.74) is 0. The third-order valence-electron chi connectivity index (χ3n) is 8.09. The SMILES string of the molecule is CCC/C=C\CCCCCCCC(=O)OC(COC(=O)CCCCCCCCCC)COP(=O)(O)OC1C(O)C(O)C(O)C(O)C1O. The monoisotopic (exact) mass is 696 g/mol. The van der Waals surface area contributed by atoms with E-state index in [0.717, 1.165) is 64.2 Å². The third-order valence-corrected chi connectivity index (χ3v) is 9.07. The van der Waals surface area contributed by atoms with E-state index in [0.29, 0.717) is 12.8 Å². The highest BCUT2D eigenvalue weighted by molar-refractivity contribution is 7.47. The Morgan fingerprint density at radius 3 is 1.70 bits per heavy atom. The van der Waals surface area contributed by atoms with Crippen molar-refractivity contribution in [2.45, 2.75) is 172 Å². The average molecular weight is 697 g/mol. The summed E-state index contributed by atoms with van der Waals surface area (Å²) in [5.74, 6) is -1.12. The number of hydrogen-bond acceptors (Lipinski definition) is 12. The molecule has 6 atom stereocenters. The van der Waals surface area contributed by atoms with Crippen molar-refractivity contribution in [3.05, 3.63) is 12.2 Å². The lowest BCUT2D eigenvalue weighted by Gasteiger charge is -2.41. The Morgan fingerprint density at radius 2 is 1.13 bits per heavy atom. The summed E-state index contributed by atoms with van der Waals surface area (Å²) < 4.78 is 33.1. The summed E-state index contributed by atoms with van der Waals surface area (Å²) in [4.78, 5) is 35.2. The molecule has 1 aliphatic carbocycles. The van der Waals surface area contributed by atoms with E-state index < -0.39 is 75.7 Å². The lowest BCUT2D eigenvalue weighted by molar-refractivity contribution is -0.220. The number of unbranched alkanes of at least 4 members (excludes halogenated alkanes) is 13. The Kier molecular flexibility index (Phi) is 23.7. The van der Waals surface area contributed by atoms with Gasteiger partial charge < -0.3 is 39.9 Å². The van der Waals surface area contributed by atoms with E-state index in [1.807, 2.05) is 0 Å². The van der Waals surface area contributed by atoms with Crippen LogP contribution >= 0.6 is 7.82 Å². The van der Waals surface area contributed by atoms with E-state index in [1.165, 1.54) is 25.7 Å². The van der Waals surface area contributed by atoms with Crippen molar-refractivity contribution in [3.63, 3.8) is 0 Å². The van der Waals surface area contributed by atoms with Crippen LogP contribution in [-0.2, 0) is 32.7 Å². The number of phosphoric acid groups is 1. The van der Waals surface area contributed by atoms with Gasteiger partial charge in [0.25, 0.3) is 0 Å². The molecule has 13 nitrogen and oxygen atoms in total. The van der Waals surface area contributed by atoms with E-state index >= 15 is 0 Å². The molecule has 1 rings (SSSR count). The van der Waals surface area contributed by atoms with Gasteiger partial charge >= 0.3 is 19.8 Å². The number of carbonyl (C=O) groups is 2. The molecule has 0 aliphatic heterocycles. The van der Waals surface area contributed by atoms with Crippen molar-refractivity contribution in [2.24, 2.45) is 0 Å². The van der Waals surface area contributed by atoms with Crippen LogP contribution in [-0.4, -0.2) is 98.3 Å². The Morgan fingerprint density at radius 1 is 0.638 bits per heavy atom. The molecule has 1 fully saturated rings. The zero-order valence-corrected chi connectivity index (χ0v) is 29.2. The van der Waals surface area contributed by atoms with Gasteiger partial charge in [-0.3, -0.25) is 18.6 Å². The topological polar surface area (TPSA) is 210 Å². The van der Waals surface area contributed by atoms with Gasteiger partial charge in [0.2, 0.25) is 0 Å². The van der Waals surface area contributed by atoms with Gasteiger partial charge in [-0.05, 0) is 32.1 Å². The minimum absolute atomic E-state index is 0.0882. The molecule has 0 aromatic carbocycles. The van der Waals surface area contributed by atoms with E-state index in [1.54, 1.807) is 0 Å². The number of carbonyl (C=O) groups excluding carboxylic acids is 2. The summed E-state index contributed by atoms with van der Waals surface area (Å²) in [7, 11) is -5.10. The molecular weight excluding hydrogens is 635 g/mol. The predicted molar refractivity (Wildman–Crippen MR) is 175 cm³/mol. The lowest BCUT2D eigenvalue weighted by atomic mass is 9.85. The summed E-state index contributed by atoms with van der Waals surface area (Å²) >= 11 is 0. The molecule has 0 radical (unpaired) electrons. The van der Waals surface area contributed by atoms with Gasteiger partial charge in [-0.15, -0.1) is 0 Å². The predicted octanol–water partition coefficient (Wildman–Crippen LogP) is 4.38. The van der Waals surface area contributed by atoms with E-state index in [4.69, 9.17) is 18.5 Å². The molecular formula is C33H61O13P. The molecule has 0 spiro atoms. The first-order chi connectivity index (χ1) is 22.4. The van der Waals surface area contributed by atoms with Gasteiger partial charge in [0.05, 0.1) is 6.61 Å². The Labute approximate surface area is 280 Å². The van der Waals surface area contributed by atoms with Crippen molar-refractivity contribution >= 4 is 19.8 Å². The number of hydrogen-bond donors (Lipinski definition) is 6. The smallest absolute Gasteiger partial charge is 0.462 e. The Balaban J connectivity index is 2.61. The maximum Gasteiger partial charge on any atom is 0.472 e. The second-order valence-electron chi connectivity index (χ2n) is 12.4.